The molecule has 0 radical (unpaired) electrons. The fourth-order valence-corrected chi connectivity index (χ4v) is 4.18. The Labute approximate surface area is 132 Å². The van der Waals surface area contributed by atoms with Crippen molar-refractivity contribution in [2.75, 3.05) is 13.2 Å². The first-order valence-corrected chi connectivity index (χ1v) is 8.88. The summed E-state index contributed by atoms with van der Waals surface area (Å²) in [6.45, 7) is 1.34. The second kappa shape index (κ2) is 5.62. The predicted molar refractivity (Wildman–Crippen MR) is 85.7 cm³/mol. The van der Waals surface area contributed by atoms with E-state index in [-0.39, 0.29) is 0 Å². The van der Waals surface area contributed by atoms with Crippen LogP contribution in [0.5, 0.6) is 0 Å². The topological polar surface area (TPSA) is 80.2 Å². The summed E-state index contributed by atoms with van der Waals surface area (Å²) in [6, 6.07) is 7.52. The van der Waals surface area contributed by atoms with Gasteiger partial charge in [0.15, 0.2) is 5.16 Å². The average molecular weight is 332 g/mol. The van der Waals surface area contributed by atoms with Crippen LogP contribution in [0.1, 0.15) is 10.6 Å². The molecule has 3 aromatic rings. The van der Waals surface area contributed by atoms with Gasteiger partial charge in [-0.15, -0.1) is 11.3 Å². The molecule has 3 aromatic heterocycles. The Morgan fingerprint density at radius 3 is 3.09 bits per heavy atom. The van der Waals surface area contributed by atoms with Gasteiger partial charge in [0.2, 0.25) is 5.90 Å². The maximum atomic E-state index is 12.4. The van der Waals surface area contributed by atoms with Crippen LogP contribution in [0, 0.1) is 0 Å². The molecule has 0 saturated carbocycles. The average Bonchev–Trinajstić information content (AvgIpc) is 3.23. The van der Waals surface area contributed by atoms with Gasteiger partial charge in [-0.3, -0.25) is 9.19 Å². The Hall–Kier alpha value is -2.06. The zero-order valence-electron chi connectivity index (χ0n) is 11.5. The summed E-state index contributed by atoms with van der Waals surface area (Å²) in [4.78, 5) is 17.8. The highest BCUT2D eigenvalue weighted by Gasteiger charge is 2.18. The lowest BCUT2D eigenvalue weighted by Gasteiger charge is -1.98. The molecule has 8 heteroatoms. The van der Waals surface area contributed by atoms with Gasteiger partial charge in [0.1, 0.15) is 11.4 Å². The Bertz CT molecular complexity index is 838. The fourth-order valence-electron chi connectivity index (χ4n) is 2.17. The third-order valence-electron chi connectivity index (χ3n) is 3.17. The van der Waals surface area contributed by atoms with E-state index in [1.807, 2.05) is 24.3 Å². The van der Waals surface area contributed by atoms with E-state index in [0.717, 1.165) is 20.9 Å². The first-order chi connectivity index (χ1) is 10.8. The van der Waals surface area contributed by atoms with E-state index in [9.17, 15) is 4.21 Å². The van der Waals surface area contributed by atoms with Crippen molar-refractivity contribution >= 4 is 38.4 Å². The number of aromatic nitrogens is 3. The van der Waals surface area contributed by atoms with Crippen molar-refractivity contribution in [2.45, 2.75) is 10.9 Å². The monoisotopic (exact) mass is 332 g/mol. The summed E-state index contributed by atoms with van der Waals surface area (Å²) in [6.07, 6.45) is 1.70. The maximum absolute atomic E-state index is 12.4. The molecule has 1 unspecified atom stereocenters. The SMILES string of the molecule is O=S(Cc1ccccn1)c1nc2sc(C3=NCCO3)cc2[nH]1. The second-order valence-corrected chi connectivity index (χ2v) is 7.11. The lowest BCUT2D eigenvalue weighted by Crippen LogP contribution is -2.00. The smallest absolute Gasteiger partial charge is 0.226 e. The number of aliphatic imine (C=N–C) groups is 1. The quantitative estimate of drug-likeness (QED) is 0.793. The molecule has 4 heterocycles. The standard InChI is InChI=1S/C14H12N4O2S2/c19-22(8-9-3-1-2-4-15-9)14-17-10-7-11(21-13(10)18-14)12-16-5-6-20-12/h1-4,7H,5-6,8H2,(H,17,18). The minimum atomic E-state index is -1.24. The van der Waals surface area contributed by atoms with E-state index in [1.165, 1.54) is 11.3 Å². The number of fused-ring (bicyclic) bond motifs is 1. The van der Waals surface area contributed by atoms with E-state index in [1.54, 1.807) is 6.20 Å². The normalized spacial score (nSPS) is 15.7. The largest absolute Gasteiger partial charge is 0.475 e. The number of rotatable bonds is 4. The van der Waals surface area contributed by atoms with Gasteiger partial charge >= 0.3 is 0 Å². The highest BCUT2D eigenvalue weighted by molar-refractivity contribution is 7.84. The molecular formula is C14H12N4O2S2. The van der Waals surface area contributed by atoms with E-state index in [0.29, 0.717) is 30.0 Å². The van der Waals surface area contributed by atoms with Crippen LogP contribution in [-0.2, 0) is 21.3 Å². The molecule has 22 heavy (non-hydrogen) atoms. The van der Waals surface area contributed by atoms with Gasteiger partial charge in [0, 0.05) is 6.20 Å². The highest BCUT2D eigenvalue weighted by atomic mass is 32.2. The Balaban J connectivity index is 1.57. The molecule has 0 fully saturated rings. The van der Waals surface area contributed by atoms with Gasteiger partial charge in [-0.1, -0.05) is 6.07 Å². The molecule has 0 aromatic carbocycles. The van der Waals surface area contributed by atoms with Gasteiger partial charge in [0.05, 0.1) is 39.2 Å². The van der Waals surface area contributed by atoms with E-state index in [2.05, 4.69) is 19.9 Å². The van der Waals surface area contributed by atoms with Gasteiger partial charge in [-0.2, -0.15) is 0 Å². The fraction of sp³-hybridized carbons (Fsp3) is 0.214. The lowest BCUT2D eigenvalue weighted by molar-refractivity contribution is 0.349. The minimum Gasteiger partial charge on any atom is -0.475 e. The van der Waals surface area contributed by atoms with Crippen LogP contribution in [-0.4, -0.2) is 38.2 Å². The van der Waals surface area contributed by atoms with Crippen LogP contribution < -0.4 is 0 Å². The Kier molecular flexibility index (Phi) is 3.47. The highest BCUT2D eigenvalue weighted by Crippen LogP contribution is 2.26. The van der Waals surface area contributed by atoms with E-state index < -0.39 is 10.8 Å². The zero-order valence-corrected chi connectivity index (χ0v) is 13.1. The van der Waals surface area contributed by atoms with Crippen LogP contribution >= 0.6 is 11.3 Å². The van der Waals surface area contributed by atoms with Crippen LogP contribution in [0.3, 0.4) is 0 Å². The zero-order chi connectivity index (χ0) is 14.9. The third kappa shape index (κ3) is 2.55. The Morgan fingerprint density at radius 1 is 1.41 bits per heavy atom. The summed E-state index contributed by atoms with van der Waals surface area (Å²) in [5.41, 5.74) is 1.65. The van der Waals surface area contributed by atoms with Crippen LogP contribution in [0.4, 0.5) is 0 Å². The summed E-state index contributed by atoms with van der Waals surface area (Å²) in [5, 5.41) is 0.479. The number of thiophene rings is 1. The summed E-state index contributed by atoms with van der Waals surface area (Å²) < 4.78 is 17.8. The molecule has 0 bridgehead atoms. The van der Waals surface area contributed by atoms with Crippen LogP contribution in [0.15, 0.2) is 40.6 Å². The molecule has 1 atom stereocenters. The number of hydrogen-bond donors (Lipinski definition) is 1. The summed E-state index contributed by atoms with van der Waals surface area (Å²) >= 11 is 1.49. The van der Waals surface area contributed by atoms with Crippen LogP contribution in [0.2, 0.25) is 0 Å². The second-order valence-electron chi connectivity index (χ2n) is 4.72. The van der Waals surface area contributed by atoms with Crippen molar-refractivity contribution in [1.82, 2.24) is 15.0 Å². The molecular weight excluding hydrogens is 320 g/mol. The van der Waals surface area contributed by atoms with Gasteiger partial charge in [0.25, 0.3) is 0 Å². The molecule has 4 rings (SSSR count). The van der Waals surface area contributed by atoms with Gasteiger partial charge in [-0.05, 0) is 18.2 Å². The van der Waals surface area contributed by atoms with Crippen molar-refractivity contribution in [2.24, 2.45) is 4.99 Å². The van der Waals surface area contributed by atoms with Crippen molar-refractivity contribution in [3.05, 3.63) is 41.0 Å². The molecule has 6 nitrogen and oxygen atoms in total. The Morgan fingerprint density at radius 2 is 2.36 bits per heavy atom. The summed E-state index contributed by atoms with van der Waals surface area (Å²) in [7, 11) is -1.24. The molecule has 0 saturated heterocycles. The minimum absolute atomic E-state index is 0.351. The molecule has 0 aliphatic carbocycles. The number of ether oxygens (including phenoxy) is 1. The number of aromatic amines is 1. The van der Waals surface area contributed by atoms with Crippen molar-refractivity contribution in [3.63, 3.8) is 0 Å². The number of imidazole rings is 1. The number of pyridine rings is 1. The van der Waals surface area contributed by atoms with Gasteiger partial charge < -0.3 is 9.72 Å². The summed E-state index contributed by atoms with van der Waals surface area (Å²) in [5.74, 6) is 1.03. The molecule has 1 aliphatic heterocycles. The van der Waals surface area contributed by atoms with Crippen LogP contribution in [0.25, 0.3) is 10.3 Å². The number of nitrogens with zero attached hydrogens (tertiary/aromatic N) is 3. The molecule has 0 spiro atoms. The molecule has 1 N–H and O–H groups in total. The van der Waals surface area contributed by atoms with Crippen molar-refractivity contribution in [3.8, 4) is 0 Å². The molecule has 1 aliphatic rings. The van der Waals surface area contributed by atoms with E-state index in [4.69, 9.17) is 4.74 Å². The first-order valence-electron chi connectivity index (χ1n) is 6.75. The number of hydrogen-bond acceptors (Lipinski definition) is 6. The third-order valence-corrected chi connectivity index (χ3v) is 5.37. The maximum Gasteiger partial charge on any atom is 0.226 e. The van der Waals surface area contributed by atoms with Gasteiger partial charge in [-0.25, -0.2) is 9.98 Å². The first kappa shape index (κ1) is 13.6. The van der Waals surface area contributed by atoms with Crippen molar-refractivity contribution in [1.29, 1.82) is 0 Å². The molecule has 0 amide bonds. The lowest BCUT2D eigenvalue weighted by atomic mass is 10.4. The predicted octanol–water partition coefficient (Wildman–Crippen LogP) is 2.10. The van der Waals surface area contributed by atoms with E-state index >= 15 is 0 Å². The molecule has 112 valence electrons. The number of H-pyrrole nitrogens is 1. The number of nitrogens with one attached hydrogen (secondary N) is 1. The van der Waals surface area contributed by atoms with Crippen molar-refractivity contribution < 1.29 is 8.95 Å².